The van der Waals surface area contributed by atoms with Crippen molar-refractivity contribution in [2.45, 2.75) is 17.1 Å². The molecule has 4 rings (SSSR count). The van der Waals surface area contributed by atoms with Gasteiger partial charge in [-0.25, -0.2) is 0 Å². The Hall–Kier alpha value is -4.24. The fourth-order valence-electron chi connectivity index (χ4n) is 3.77. The molecule has 0 radical (unpaired) electrons. The first-order valence-corrected chi connectivity index (χ1v) is 14.4. The lowest BCUT2D eigenvalue weighted by molar-refractivity contribution is -0.115. The first-order chi connectivity index (χ1) is 20.2. The van der Waals surface area contributed by atoms with E-state index in [1.807, 2.05) is 6.07 Å². The number of benzene rings is 4. The number of ether oxygens (including phenoxy) is 1. The predicted molar refractivity (Wildman–Crippen MR) is 170 cm³/mol. The number of carbonyl (C=O) groups excluding carboxylic acids is 3. The van der Waals surface area contributed by atoms with Gasteiger partial charge < -0.3 is 20.7 Å². The molecule has 10 heteroatoms. The van der Waals surface area contributed by atoms with Crippen LogP contribution in [0.2, 0.25) is 10.0 Å². The molecule has 214 valence electrons. The molecule has 3 N–H and O–H groups in total. The van der Waals surface area contributed by atoms with E-state index in [1.165, 1.54) is 11.8 Å². The molecule has 0 bridgehead atoms. The Morgan fingerprint density at radius 3 is 2.38 bits per heavy atom. The van der Waals surface area contributed by atoms with Crippen LogP contribution < -0.4 is 20.7 Å². The molecule has 42 heavy (non-hydrogen) atoms. The van der Waals surface area contributed by atoms with Gasteiger partial charge in [0.2, 0.25) is 5.91 Å². The average Bonchev–Trinajstić information content (AvgIpc) is 2.99. The molecule has 0 aliphatic rings. The molecule has 1 atom stereocenters. The van der Waals surface area contributed by atoms with Gasteiger partial charge in [-0.2, -0.15) is 0 Å². The Kier molecular flexibility index (Phi) is 10.7. The lowest BCUT2D eigenvalue weighted by atomic mass is 10.1. The second kappa shape index (κ2) is 14.6. The smallest absolute Gasteiger partial charge is 0.272 e. The molecule has 4 aromatic rings. The van der Waals surface area contributed by atoms with Gasteiger partial charge in [0.05, 0.1) is 23.1 Å². The fraction of sp³-hybridized carbons (Fsp3) is 0.0938. The van der Waals surface area contributed by atoms with E-state index < -0.39 is 17.1 Å². The van der Waals surface area contributed by atoms with Gasteiger partial charge in [-0.05, 0) is 79.2 Å². The molecule has 0 aliphatic heterocycles. The largest absolute Gasteiger partial charge is 0.497 e. The van der Waals surface area contributed by atoms with Crippen LogP contribution in [0, 0.1) is 0 Å². The van der Waals surface area contributed by atoms with Crippen molar-refractivity contribution >= 4 is 70.1 Å². The number of thioether (sulfide) groups is 1. The van der Waals surface area contributed by atoms with E-state index in [9.17, 15) is 14.4 Å². The minimum absolute atomic E-state index is 0.0429. The maximum Gasteiger partial charge on any atom is 0.272 e. The molecule has 0 heterocycles. The summed E-state index contributed by atoms with van der Waals surface area (Å²) in [5.74, 6) is -0.598. The minimum atomic E-state index is -0.523. The number of nitrogens with one attached hydrogen (secondary N) is 3. The van der Waals surface area contributed by atoms with Crippen molar-refractivity contribution in [3.8, 4) is 5.75 Å². The first-order valence-electron chi connectivity index (χ1n) is 12.8. The summed E-state index contributed by atoms with van der Waals surface area (Å²) in [6.45, 7) is 1.76. The SMILES string of the molecule is COc1cccc(/C=C(\NC(=O)c2ccccc2)C(=O)Nc2cccc(SC(C)C(=O)Nc3cc(Cl)ccc3Cl)c2)c1. The third-order valence-corrected chi connectivity index (χ3v) is 7.55. The van der Waals surface area contributed by atoms with Crippen molar-refractivity contribution in [2.75, 3.05) is 17.7 Å². The normalized spacial score (nSPS) is 11.8. The first kappa shape index (κ1) is 30.7. The molecule has 1 unspecified atom stereocenters. The Labute approximate surface area is 258 Å². The maximum absolute atomic E-state index is 13.4. The maximum atomic E-state index is 13.4. The van der Waals surface area contributed by atoms with Gasteiger partial charge in [-0.3, -0.25) is 14.4 Å². The van der Waals surface area contributed by atoms with Crippen molar-refractivity contribution in [2.24, 2.45) is 0 Å². The molecule has 0 aliphatic carbocycles. The lowest BCUT2D eigenvalue weighted by Crippen LogP contribution is -2.30. The highest BCUT2D eigenvalue weighted by Gasteiger charge is 2.18. The minimum Gasteiger partial charge on any atom is -0.497 e. The number of rotatable bonds is 10. The molecule has 7 nitrogen and oxygen atoms in total. The van der Waals surface area contributed by atoms with E-state index in [1.54, 1.807) is 111 Å². The monoisotopic (exact) mass is 619 g/mol. The van der Waals surface area contributed by atoms with Gasteiger partial charge in [0.25, 0.3) is 11.8 Å². The van der Waals surface area contributed by atoms with Crippen LogP contribution in [-0.4, -0.2) is 30.1 Å². The Balaban J connectivity index is 1.50. The van der Waals surface area contributed by atoms with Crippen molar-refractivity contribution in [1.29, 1.82) is 0 Å². The van der Waals surface area contributed by atoms with Gasteiger partial charge in [0.1, 0.15) is 11.4 Å². The topological polar surface area (TPSA) is 96.5 Å². The number of methoxy groups -OCH3 is 1. The van der Waals surface area contributed by atoms with E-state index in [-0.39, 0.29) is 11.6 Å². The van der Waals surface area contributed by atoms with Crippen molar-refractivity contribution in [1.82, 2.24) is 5.32 Å². The number of hydrogen-bond acceptors (Lipinski definition) is 5. The summed E-state index contributed by atoms with van der Waals surface area (Å²) in [6.07, 6.45) is 1.57. The number of hydrogen-bond donors (Lipinski definition) is 3. The number of anilines is 2. The molecule has 0 saturated carbocycles. The van der Waals surface area contributed by atoms with E-state index in [2.05, 4.69) is 16.0 Å². The summed E-state index contributed by atoms with van der Waals surface area (Å²) in [4.78, 5) is 39.9. The summed E-state index contributed by atoms with van der Waals surface area (Å²) in [7, 11) is 1.55. The molecular formula is C32H27Cl2N3O4S. The van der Waals surface area contributed by atoms with Gasteiger partial charge in [0, 0.05) is 21.2 Å². The average molecular weight is 621 g/mol. The van der Waals surface area contributed by atoms with Crippen LogP contribution in [0.5, 0.6) is 5.75 Å². The third kappa shape index (κ3) is 8.63. The van der Waals surface area contributed by atoms with Gasteiger partial charge in [-0.15, -0.1) is 11.8 Å². The van der Waals surface area contributed by atoms with Crippen molar-refractivity contribution in [3.63, 3.8) is 0 Å². The van der Waals surface area contributed by atoms with Gasteiger partial charge in [-0.1, -0.05) is 59.6 Å². The summed E-state index contributed by atoms with van der Waals surface area (Å²) in [5, 5.41) is 8.71. The van der Waals surface area contributed by atoms with Crippen LogP contribution in [0.25, 0.3) is 6.08 Å². The van der Waals surface area contributed by atoms with E-state index in [0.29, 0.717) is 38.3 Å². The van der Waals surface area contributed by atoms with Crippen LogP contribution in [0.3, 0.4) is 0 Å². The fourth-order valence-corrected chi connectivity index (χ4v) is 5.03. The summed E-state index contributed by atoms with van der Waals surface area (Å²) < 4.78 is 5.29. The second-order valence-corrected chi connectivity index (χ2v) is 11.3. The van der Waals surface area contributed by atoms with Gasteiger partial charge in [0.15, 0.2) is 0 Å². The van der Waals surface area contributed by atoms with Crippen molar-refractivity contribution in [3.05, 3.63) is 124 Å². The Morgan fingerprint density at radius 2 is 1.62 bits per heavy atom. The van der Waals surface area contributed by atoms with Crippen LogP contribution in [0.15, 0.2) is 108 Å². The van der Waals surface area contributed by atoms with Gasteiger partial charge >= 0.3 is 0 Å². The zero-order valence-corrected chi connectivity index (χ0v) is 25.0. The van der Waals surface area contributed by atoms with Crippen LogP contribution >= 0.6 is 35.0 Å². The Morgan fingerprint density at radius 1 is 0.857 bits per heavy atom. The molecule has 0 aromatic heterocycles. The number of halogens is 2. The van der Waals surface area contributed by atoms with Crippen LogP contribution in [0.4, 0.5) is 11.4 Å². The second-order valence-electron chi connectivity index (χ2n) is 9.01. The summed E-state index contributed by atoms with van der Waals surface area (Å²) >= 11 is 13.5. The van der Waals surface area contributed by atoms with Crippen LogP contribution in [0.1, 0.15) is 22.8 Å². The molecular weight excluding hydrogens is 593 g/mol. The molecule has 0 fully saturated rings. The highest BCUT2D eigenvalue weighted by Crippen LogP contribution is 2.29. The molecule has 4 aromatic carbocycles. The van der Waals surface area contributed by atoms with Crippen molar-refractivity contribution < 1.29 is 19.1 Å². The quantitative estimate of drug-likeness (QED) is 0.126. The summed E-state index contributed by atoms with van der Waals surface area (Å²) in [6, 6.07) is 27.7. The number of amides is 3. The Bertz CT molecular complexity index is 1630. The highest BCUT2D eigenvalue weighted by atomic mass is 35.5. The predicted octanol–water partition coefficient (Wildman–Crippen LogP) is 7.53. The molecule has 0 saturated heterocycles. The van der Waals surface area contributed by atoms with E-state index >= 15 is 0 Å². The zero-order chi connectivity index (χ0) is 30.1. The summed E-state index contributed by atoms with van der Waals surface area (Å²) in [5.41, 5.74) is 2.03. The van der Waals surface area contributed by atoms with E-state index in [0.717, 1.165) is 4.90 Å². The zero-order valence-electron chi connectivity index (χ0n) is 22.7. The van der Waals surface area contributed by atoms with E-state index in [4.69, 9.17) is 27.9 Å². The lowest BCUT2D eigenvalue weighted by Gasteiger charge is -2.15. The molecule has 3 amide bonds. The third-order valence-electron chi connectivity index (χ3n) is 5.89. The molecule has 0 spiro atoms. The van der Waals surface area contributed by atoms with Crippen LogP contribution in [-0.2, 0) is 9.59 Å². The number of carbonyl (C=O) groups is 3. The highest BCUT2D eigenvalue weighted by molar-refractivity contribution is 8.00. The standard InChI is InChI=1S/C32H27Cl2N3O4S/c1-20(30(38)36-28-18-23(33)14-15-27(28)34)42-26-13-7-11-24(19-26)35-32(40)29(17-21-8-6-12-25(16-21)41-2)37-31(39)22-9-4-3-5-10-22/h3-20H,1-2H3,(H,35,40)(H,36,38)(H,37,39)/b29-17-.